The molecule has 0 amide bonds. The van der Waals surface area contributed by atoms with Gasteiger partial charge in [0.25, 0.3) is 0 Å². The van der Waals surface area contributed by atoms with E-state index in [1.54, 1.807) is 25.4 Å². The largest absolute Gasteiger partial charge is 0.489 e. The molecule has 0 radical (unpaired) electrons. The van der Waals surface area contributed by atoms with Gasteiger partial charge in [0.15, 0.2) is 0 Å². The minimum absolute atomic E-state index is 0.0356. The molecule has 4 nitrogen and oxygen atoms in total. The molecule has 2 heterocycles. The van der Waals surface area contributed by atoms with Gasteiger partial charge in [-0.25, -0.2) is 4.39 Å². The van der Waals surface area contributed by atoms with Gasteiger partial charge in [-0.1, -0.05) is 0 Å². The molecular weight excluding hydrogens is 259 g/mol. The summed E-state index contributed by atoms with van der Waals surface area (Å²) in [6.07, 6.45) is 3.59. The zero-order valence-corrected chi connectivity index (χ0v) is 12.4. The number of ether oxygens (including phenoxy) is 2. The van der Waals surface area contributed by atoms with Gasteiger partial charge in [0.1, 0.15) is 11.4 Å². The van der Waals surface area contributed by atoms with Gasteiger partial charge in [-0.3, -0.25) is 4.98 Å². The van der Waals surface area contributed by atoms with Gasteiger partial charge < -0.3 is 14.8 Å². The van der Waals surface area contributed by atoms with Crippen LogP contribution >= 0.6 is 0 Å². The van der Waals surface area contributed by atoms with Gasteiger partial charge in [-0.15, -0.1) is 0 Å². The number of alkyl halides is 1. The lowest BCUT2D eigenvalue weighted by Gasteiger charge is -2.30. The zero-order chi connectivity index (χ0) is 14.6. The highest BCUT2D eigenvalue weighted by atomic mass is 19.1. The van der Waals surface area contributed by atoms with E-state index in [1.165, 1.54) is 0 Å². The summed E-state index contributed by atoms with van der Waals surface area (Å²) >= 11 is 0. The molecule has 112 valence electrons. The van der Waals surface area contributed by atoms with Gasteiger partial charge in [0.05, 0.1) is 25.5 Å². The van der Waals surface area contributed by atoms with Crippen LogP contribution in [-0.2, 0) is 10.4 Å². The van der Waals surface area contributed by atoms with E-state index < -0.39 is 5.67 Å². The molecule has 1 fully saturated rings. The monoisotopic (exact) mass is 282 g/mol. The Hall–Kier alpha value is -1.20. The molecule has 20 heavy (non-hydrogen) atoms. The maximum atomic E-state index is 14.9. The first-order valence-electron chi connectivity index (χ1n) is 7.09. The summed E-state index contributed by atoms with van der Waals surface area (Å²) in [7, 11) is 0. The van der Waals surface area contributed by atoms with Crippen molar-refractivity contribution in [2.75, 3.05) is 19.8 Å². The third-order valence-corrected chi connectivity index (χ3v) is 3.32. The average molecular weight is 282 g/mol. The highest BCUT2D eigenvalue weighted by Gasteiger charge is 2.31. The van der Waals surface area contributed by atoms with Crippen molar-refractivity contribution in [3.05, 3.63) is 24.0 Å². The Morgan fingerprint density at radius 2 is 2.35 bits per heavy atom. The van der Waals surface area contributed by atoms with Crippen LogP contribution in [0.3, 0.4) is 0 Å². The molecule has 0 bridgehead atoms. The predicted octanol–water partition coefficient (Wildman–Crippen LogP) is 2.43. The number of hydrogen-bond acceptors (Lipinski definition) is 4. The highest BCUT2D eigenvalue weighted by Crippen LogP contribution is 2.32. The molecule has 0 aliphatic carbocycles. The van der Waals surface area contributed by atoms with E-state index in [2.05, 4.69) is 10.3 Å². The van der Waals surface area contributed by atoms with Gasteiger partial charge >= 0.3 is 0 Å². The van der Waals surface area contributed by atoms with Crippen molar-refractivity contribution < 1.29 is 13.9 Å². The first-order valence-corrected chi connectivity index (χ1v) is 7.09. The Morgan fingerprint density at radius 3 is 3.00 bits per heavy atom. The smallest absolute Gasteiger partial charge is 0.138 e. The van der Waals surface area contributed by atoms with E-state index in [1.807, 2.05) is 13.8 Å². The third kappa shape index (κ3) is 4.15. The molecule has 5 heteroatoms. The van der Waals surface area contributed by atoms with Crippen molar-refractivity contribution in [3.63, 3.8) is 0 Å². The van der Waals surface area contributed by atoms with Crippen LogP contribution in [0, 0.1) is 0 Å². The lowest BCUT2D eigenvalue weighted by Crippen LogP contribution is -2.44. The molecule has 1 aliphatic heterocycles. The Morgan fingerprint density at radius 1 is 1.55 bits per heavy atom. The van der Waals surface area contributed by atoms with Gasteiger partial charge in [-0.05, 0) is 26.8 Å². The van der Waals surface area contributed by atoms with Crippen LogP contribution in [0.2, 0.25) is 0 Å². The number of nitrogens with zero attached hydrogens (tertiary/aromatic N) is 1. The molecule has 0 aromatic carbocycles. The van der Waals surface area contributed by atoms with Crippen molar-refractivity contribution in [3.8, 4) is 5.75 Å². The Labute approximate surface area is 119 Å². The van der Waals surface area contributed by atoms with Crippen LogP contribution < -0.4 is 10.1 Å². The summed E-state index contributed by atoms with van der Waals surface area (Å²) in [5.74, 6) is 0.606. The standard InChI is InChI=1S/C15H23FN2O2/c1-11(2)20-14-6-12(8-17-9-14)15(3,16)7-13-10-19-5-4-18-13/h6,8-9,11,13,18H,4-5,7,10H2,1-3H3. The van der Waals surface area contributed by atoms with Crippen LogP contribution in [0.4, 0.5) is 4.39 Å². The number of aromatic nitrogens is 1. The maximum Gasteiger partial charge on any atom is 0.138 e. The summed E-state index contributed by atoms with van der Waals surface area (Å²) in [6.45, 7) is 7.47. The van der Waals surface area contributed by atoms with E-state index in [4.69, 9.17) is 9.47 Å². The van der Waals surface area contributed by atoms with E-state index in [-0.39, 0.29) is 12.1 Å². The van der Waals surface area contributed by atoms with Crippen molar-refractivity contribution in [2.45, 2.75) is 45.0 Å². The minimum atomic E-state index is -1.46. The summed E-state index contributed by atoms with van der Waals surface area (Å²) in [5, 5.41) is 3.28. The lowest BCUT2D eigenvalue weighted by molar-refractivity contribution is 0.0472. The van der Waals surface area contributed by atoms with Gasteiger partial charge in [-0.2, -0.15) is 0 Å². The molecule has 0 spiro atoms. The normalized spacial score (nSPS) is 22.6. The SMILES string of the molecule is CC(C)Oc1cncc(C(C)(F)CC2COCCN2)c1. The van der Waals surface area contributed by atoms with Crippen molar-refractivity contribution in [2.24, 2.45) is 0 Å². The Kier molecular flexibility index (Phi) is 4.94. The highest BCUT2D eigenvalue weighted by molar-refractivity contribution is 5.28. The molecule has 2 atom stereocenters. The number of rotatable bonds is 5. The van der Waals surface area contributed by atoms with Crippen LogP contribution in [-0.4, -0.2) is 36.9 Å². The minimum Gasteiger partial charge on any atom is -0.489 e. The Bertz CT molecular complexity index is 432. The number of pyridine rings is 1. The van der Waals surface area contributed by atoms with Crippen LogP contribution in [0.25, 0.3) is 0 Å². The van der Waals surface area contributed by atoms with Crippen molar-refractivity contribution >= 4 is 0 Å². The summed E-state index contributed by atoms with van der Waals surface area (Å²) < 4.78 is 25.9. The van der Waals surface area contributed by atoms with E-state index >= 15 is 0 Å². The summed E-state index contributed by atoms with van der Waals surface area (Å²) in [6, 6.07) is 1.77. The lowest BCUT2D eigenvalue weighted by atomic mass is 9.91. The second kappa shape index (κ2) is 6.50. The molecule has 1 N–H and O–H groups in total. The molecular formula is C15H23FN2O2. The first-order chi connectivity index (χ1) is 9.47. The van der Waals surface area contributed by atoms with Crippen LogP contribution in [0.5, 0.6) is 5.75 Å². The van der Waals surface area contributed by atoms with Crippen LogP contribution in [0.1, 0.15) is 32.8 Å². The fraction of sp³-hybridized carbons (Fsp3) is 0.667. The summed E-state index contributed by atoms with van der Waals surface area (Å²) in [5.41, 5.74) is -0.912. The third-order valence-electron chi connectivity index (χ3n) is 3.32. The maximum absolute atomic E-state index is 14.9. The molecule has 1 aliphatic rings. The van der Waals surface area contributed by atoms with Crippen molar-refractivity contribution in [1.82, 2.24) is 10.3 Å². The number of hydrogen-bond donors (Lipinski definition) is 1. The van der Waals surface area contributed by atoms with Crippen molar-refractivity contribution in [1.29, 1.82) is 0 Å². The molecule has 1 saturated heterocycles. The molecule has 2 unspecified atom stereocenters. The zero-order valence-electron chi connectivity index (χ0n) is 12.4. The van der Waals surface area contributed by atoms with Gasteiger partial charge in [0.2, 0.25) is 0 Å². The van der Waals surface area contributed by atoms with E-state index in [0.717, 1.165) is 6.54 Å². The molecule has 1 aromatic rings. The number of nitrogens with one attached hydrogen (secondary N) is 1. The van der Waals surface area contributed by atoms with E-state index in [0.29, 0.717) is 30.9 Å². The fourth-order valence-electron chi connectivity index (χ4n) is 2.37. The molecule has 0 saturated carbocycles. The molecule has 1 aromatic heterocycles. The van der Waals surface area contributed by atoms with Gasteiger partial charge in [0, 0.05) is 30.8 Å². The second-order valence-corrected chi connectivity index (χ2v) is 5.70. The average Bonchev–Trinajstić information content (AvgIpc) is 2.39. The predicted molar refractivity (Wildman–Crippen MR) is 75.7 cm³/mol. The number of morpholine rings is 1. The van der Waals surface area contributed by atoms with Crippen LogP contribution in [0.15, 0.2) is 18.5 Å². The van der Waals surface area contributed by atoms with E-state index in [9.17, 15) is 4.39 Å². The number of halogens is 1. The second-order valence-electron chi connectivity index (χ2n) is 5.70. The summed E-state index contributed by atoms with van der Waals surface area (Å²) in [4.78, 5) is 4.08. The quantitative estimate of drug-likeness (QED) is 0.901. The first kappa shape index (κ1) is 15.2. The fourth-order valence-corrected chi connectivity index (χ4v) is 2.37. The topological polar surface area (TPSA) is 43.4 Å². The Balaban J connectivity index is 2.07. The molecule has 2 rings (SSSR count).